The first-order valence-corrected chi connectivity index (χ1v) is 5.17. The number of carboxylic acid groups (broad SMARTS) is 1. The number of carbonyl (C=O) groups is 1. The van der Waals surface area contributed by atoms with E-state index in [1.54, 1.807) is 18.2 Å². The first-order valence-electron chi connectivity index (χ1n) is 5.17. The van der Waals surface area contributed by atoms with Crippen LogP contribution in [0.3, 0.4) is 0 Å². The summed E-state index contributed by atoms with van der Waals surface area (Å²) in [6, 6.07) is 6.88. The van der Waals surface area contributed by atoms with E-state index in [-0.39, 0.29) is 0 Å². The Hall–Kier alpha value is -1.51. The number of nitrogens with one attached hydrogen (secondary N) is 1. The zero-order valence-corrected chi connectivity index (χ0v) is 9.16. The number of rotatable bonds is 5. The number of hydrogen-bond donors (Lipinski definition) is 2. The fraction of sp³-hybridized carbons (Fsp3) is 0.417. The molecule has 0 fully saturated rings. The summed E-state index contributed by atoms with van der Waals surface area (Å²) in [5.41, 5.74) is 1.19. The number of anilines is 1. The van der Waals surface area contributed by atoms with Crippen LogP contribution in [-0.2, 0) is 0 Å². The van der Waals surface area contributed by atoms with Gasteiger partial charge in [0.05, 0.1) is 5.56 Å². The topological polar surface area (TPSA) is 49.3 Å². The van der Waals surface area contributed by atoms with Gasteiger partial charge in [-0.3, -0.25) is 0 Å². The van der Waals surface area contributed by atoms with E-state index in [1.165, 1.54) is 0 Å². The minimum Gasteiger partial charge on any atom is -0.478 e. The normalized spacial score (nSPS) is 10.3. The van der Waals surface area contributed by atoms with Gasteiger partial charge in [0.1, 0.15) is 0 Å². The van der Waals surface area contributed by atoms with Crippen molar-refractivity contribution in [1.82, 2.24) is 0 Å². The van der Waals surface area contributed by atoms with E-state index in [2.05, 4.69) is 19.2 Å². The van der Waals surface area contributed by atoms with Crippen LogP contribution in [0.25, 0.3) is 0 Å². The van der Waals surface area contributed by atoms with Gasteiger partial charge in [-0.2, -0.15) is 0 Å². The van der Waals surface area contributed by atoms with Crippen LogP contribution in [0.1, 0.15) is 30.6 Å². The van der Waals surface area contributed by atoms with Gasteiger partial charge >= 0.3 is 5.97 Å². The molecular weight excluding hydrogens is 190 g/mol. The third-order valence-corrected chi connectivity index (χ3v) is 2.16. The summed E-state index contributed by atoms with van der Waals surface area (Å²) in [6.45, 7) is 5.20. The zero-order chi connectivity index (χ0) is 11.3. The first-order chi connectivity index (χ1) is 7.09. The Balaban J connectivity index is 2.54. The van der Waals surface area contributed by atoms with Crippen molar-refractivity contribution in [3.8, 4) is 0 Å². The van der Waals surface area contributed by atoms with Crippen LogP contribution >= 0.6 is 0 Å². The zero-order valence-electron chi connectivity index (χ0n) is 9.16. The predicted molar refractivity (Wildman–Crippen MR) is 61.3 cm³/mol. The van der Waals surface area contributed by atoms with Gasteiger partial charge in [-0.25, -0.2) is 4.79 Å². The maximum atomic E-state index is 10.7. The molecule has 3 nitrogen and oxygen atoms in total. The van der Waals surface area contributed by atoms with Crippen molar-refractivity contribution in [2.45, 2.75) is 20.3 Å². The van der Waals surface area contributed by atoms with E-state index in [4.69, 9.17) is 5.11 Å². The van der Waals surface area contributed by atoms with Crippen molar-refractivity contribution in [3.63, 3.8) is 0 Å². The van der Waals surface area contributed by atoms with Crippen molar-refractivity contribution >= 4 is 11.7 Å². The highest BCUT2D eigenvalue weighted by molar-refractivity contribution is 5.88. The second kappa shape index (κ2) is 5.39. The van der Waals surface area contributed by atoms with Crippen LogP contribution in [0, 0.1) is 5.92 Å². The molecule has 0 bridgehead atoms. The van der Waals surface area contributed by atoms with Gasteiger partial charge in [0.2, 0.25) is 0 Å². The highest BCUT2D eigenvalue weighted by Crippen LogP contribution is 2.11. The molecule has 0 unspecified atom stereocenters. The molecular formula is C12H17NO2. The molecule has 0 aliphatic rings. The molecule has 15 heavy (non-hydrogen) atoms. The molecule has 0 spiro atoms. The van der Waals surface area contributed by atoms with Gasteiger partial charge in [0.25, 0.3) is 0 Å². The molecule has 0 atom stereocenters. The van der Waals surface area contributed by atoms with E-state index < -0.39 is 5.97 Å². The molecule has 3 heteroatoms. The lowest BCUT2D eigenvalue weighted by Crippen LogP contribution is -2.05. The van der Waals surface area contributed by atoms with Crippen LogP contribution in [-0.4, -0.2) is 17.6 Å². The first kappa shape index (κ1) is 11.6. The van der Waals surface area contributed by atoms with Crippen LogP contribution < -0.4 is 5.32 Å². The lowest BCUT2D eigenvalue weighted by Gasteiger charge is -2.08. The fourth-order valence-corrected chi connectivity index (χ4v) is 1.27. The smallest absolute Gasteiger partial charge is 0.335 e. The Morgan fingerprint density at radius 1 is 1.47 bits per heavy atom. The Kier molecular flexibility index (Phi) is 4.16. The van der Waals surface area contributed by atoms with Crippen LogP contribution in [0.15, 0.2) is 24.3 Å². The third-order valence-electron chi connectivity index (χ3n) is 2.16. The third kappa shape index (κ3) is 4.02. The van der Waals surface area contributed by atoms with Crippen molar-refractivity contribution < 1.29 is 9.90 Å². The average molecular weight is 207 g/mol. The van der Waals surface area contributed by atoms with Crippen LogP contribution in [0.2, 0.25) is 0 Å². The van der Waals surface area contributed by atoms with E-state index in [9.17, 15) is 4.79 Å². The van der Waals surface area contributed by atoms with E-state index in [0.29, 0.717) is 11.5 Å². The Bertz CT molecular complexity index is 334. The predicted octanol–water partition coefficient (Wildman–Crippen LogP) is 2.84. The molecule has 0 saturated carbocycles. The number of hydrogen-bond acceptors (Lipinski definition) is 2. The van der Waals surface area contributed by atoms with Crippen molar-refractivity contribution in [2.75, 3.05) is 11.9 Å². The summed E-state index contributed by atoms with van der Waals surface area (Å²) < 4.78 is 0. The molecule has 0 aromatic heterocycles. The summed E-state index contributed by atoms with van der Waals surface area (Å²) >= 11 is 0. The number of carboxylic acids is 1. The molecule has 1 aromatic carbocycles. The summed E-state index contributed by atoms with van der Waals surface area (Å²) in [7, 11) is 0. The lowest BCUT2D eigenvalue weighted by atomic mass is 10.1. The monoisotopic (exact) mass is 207 g/mol. The second-order valence-electron chi connectivity index (χ2n) is 4.00. The molecule has 0 amide bonds. The van der Waals surface area contributed by atoms with E-state index in [1.807, 2.05) is 6.07 Å². The lowest BCUT2D eigenvalue weighted by molar-refractivity contribution is 0.0697. The molecule has 82 valence electrons. The average Bonchev–Trinajstić information content (AvgIpc) is 2.17. The number of aromatic carboxylic acids is 1. The van der Waals surface area contributed by atoms with Gasteiger partial charge in [0.15, 0.2) is 0 Å². The number of benzene rings is 1. The van der Waals surface area contributed by atoms with Crippen LogP contribution in [0.5, 0.6) is 0 Å². The largest absolute Gasteiger partial charge is 0.478 e. The molecule has 0 aliphatic carbocycles. The SMILES string of the molecule is CC(C)CCNc1cccc(C(=O)O)c1. The Morgan fingerprint density at radius 3 is 2.80 bits per heavy atom. The maximum Gasteiger partial charge on any atom is 0.335 e. The maximum absolute atomic E-state index is 10.7. The van der Waals surface area contributed by atoms with Gasteiger partial charge in [-0.05, 0) is 30.5 Å². The van der Waals surface area contributed by atoms with Crippen molar-refractivity contribution in [3.05, 3.63) is 29.8 Å². The van der Waals surface area contributed by atoms with Gasteiger partial charge < -0.3 is 10.4 Å². The van der Waals surface area contributed by atoms with Crippen molar-refractivity contribution in [1.29, 1.82) is 0 Å². The highest BCUT2D eigenvalue weighted by Gasteiger charge is 2.02. The molecule has 0 aliphatic heterocycles. The van der Waals surface area contributed by atoms with Gasteiger partial charge in [0, 0.05) is 12.2 Å². The van der Waals surface area contributed by atoms with E-state index >= 15 is 0 Å². The summed E-state index contributed by atoms with van der Waals surface area (Å²) in [5.74, 6) is -0.234. The summed E-state index contributed by atoms with van der Waals surface area (Å²) in [4.78, 5) is 10.7. The minimum absolute atomic E-state index is 0.324. The van der Waals surface area contributed by atoms with Crippen molar-refractivity contribution in [2.24, 2.45) is 5.92 Å². The summed E-state index contributed by atoms with van der Waals surface area (Å²) in [5, 5.41) is 12.0. The Morgan fingerprint density at radius 2 is 2.20 bits per heavy atom. The van der Waals surface area contributed by atoms with Gasteiger partial charge in [-0.1, -0.05) is 19.9 Å². The van der Waals surface area contributed by atoms with E-state index in [0.717, 1.165) is 18.7 Å². The summed E-state index contributed by atoms with van der Waals surface area (Å²) in [6.07, 6.45) is 1.08. The molecule has 0 saturated heterocycles. The quantitative estimate of drug-likeness (QED) is 0.780. The molecule has 2 N–H and O–H groups in total. The minimum atomic E-state index is -0.887. The standard InChI is InChI=1S/C12H17NO2/c1-9(2)6-7-13-11-5-3-4-10(8-11)12(14)15/h3-5,8-9,13H,6-7H2,1-2H3,(H,14,15). The van der Waals surface area contributed by atoms with Gasteiger partial charge in [-0.15, -0.1) is 0 Å². The Labute approximate surface area is 90.1 Å². The second-order valence-corrected chi connectivity index (χ2v) is 4.00. The molecule has 1 aromatic rings. The molecule has 0 radical (unpaired) electrons. The molecule has 0 heterocycles. The van der Waals surface area contributed by atoms with Crippen LogP contribution in [0.4, 0.5) is 5.69 Å². The molecule has 1 rings (SSSR count). The highest BCUT2D eigenvalue weighted by atomic mass is 16.4. The fourth-order valence-electron chi connectivity index (χ4n) is 1.27.